The van der Waals surface area contributed by atoms with Gasteiger partial charge in [-0.25, -0.2) is 4.79 Å². The quantitative estimate of drug-likeness (QED) is 0.940. The van der Waals surface area contributed by atoms with Crippen LogP contribution in [-0.2, 0) is 0 Å². The van der Waals surface area contributed by atoms with E-state index in [0.29, 0.717) is 12.1 Å². The van der Waals surface area contributed by atoms with Gasteiger partial charge in [-0.3, -0.25) is 4.79 Å². The molecule has 120 valence electrons. The highest BCUT2D eigenvalue weighted by atomic mass is 16.4. The van der Waals surface area contributed by atoms with E-state index in [1.165, 1.54) is 6.07 Å². The SMILES string of the molecule is Cc1cc(C(=O)O)cc(C(=O)N2CCCC2c2ccc(C)o2)c1. The number of aromatic carboxylic acids is 1. The molecule has 1 aromatic carbocycles. The summed E-state index contributed by atoms with van der Waals surface area (Å²) in [5.74, 6) is 0.442. The molecule has 1 amide bonds. The van der Waals surface area contributed by atoms with Crippen LogP contribution >= 0.6 is 0 Å². The Morgan fingerprint density at radius 3 is 2.57 bits per heavy atom. The first-order valence-electron chi connectivity index (χ1n) is 7.68. The van der Waals surface area contributed by atoms with Gasteiger partial charge >= 0.3 is 5.97 Å². The smallest absolute Gasteiger partial charge is 0.335 e. The molecular formula is C18H19NO4. The van der Waals surface area contributed by atoms with Gasteiger partial charge < -0.3 is 14.4 Å². The summed E-state index contributed by atoms with van der Waals surface area (Å²) < 4.78 is 5.68. The molecule has 0 bridgehead atoms. The number of rotatable bonds is 3. The van der Waals surface area contributed by atoms with E-state index in [0.717, 1.165) is 29.9 Å². The molecule has 3 rings (SSSR count). The molecule has 1 saturated heterocycles. The van der Waals surface area contributed by atoms with Gasteiger partial charge in [-0.05, 0) is 62.6 Å². The molecule has 1 aliphatic rings. The minimum atomic E-state index is -1.03. The molecule has 2 aromatic rings. The largest absolute Gasteiger partial charge is 0.478 e. The number of hydrogen-bond acceptors (Lipinski definition) is 3. The fraction of sp³-hybridized carbons (Fsp3) is 0.333. The molecule has 0 spiro atoms. The Morgan fingerprint density at radius 2 is 1.91 bits per heavy atom. The predicted molar refractivity (Wildman–Crippen MR) is 84.6 cm³/mol. The lowest BCUT2D eigenvalue weighted by atomic mass is 10.0. The zero-order valence-electron chi connectivity index (χ0n) is 13.2. The third-order valence-electron chi connectivity index (χ3n) is 4.17. The van der Waals surface area contributed by atoms with Crippen molar-refractivity contribution in [3.8, 4) is 0 Å². The molecule has 1 N–H and O–H groups in total. The molecule has 0 radical (unpaired) electrons. The highest BCUT2D eigenvalue weighted by molar-refractivity contribution is 5.98. The number of carbonyl (C=O) groups is 2. The Bertz CT molecular complexity index is 762. The number of nitrogens with zero attached hydrogens (tertiary/aromatic N) is 1. The van der Waals surface area contributed by atoms with Crippen LogP contribution in [0.15, 0.2) is 34.7 Å². The second kappa shape index (κ2) is 5.91. The lowest BCUT2D eigenvalue weighted by Gasteiger charge is -2.23. The van der Waals surface area contributed by atoms with Crippen LogP contribution in [0.25, 0.3) is 0 Å². The molecule has 2 heterocycles. The maximum atomic E-state index is 12.9. The van der Waals surface area contributed by atoms with Gasteiger partial charge in [0.2, 0.25) is 0 Å². The monoisotopic (exact) mass is 313 g/mol. The first-order chi connectivity index (χ1) is 11.0. The zero-order chi connectivity index (χ0) is 16.6. The van der Waals surface area contributed by atoms with Gasteiger partial charge in [-0.1, -0.05) is 0 Å². The van der Waals surface area contributed by atoms with Crippen molar-refractivity contribution in [2.45, 2.75) is 32.7 Å². The number of benzene rings is 1. The second-order valence-corrected chi connectivity index (χ2v) is 6.00. The Balaban J connectivity index is 1.91. The summed E-state index contributed by atoms with van der Waals surface area (Å²) in [5.41, 5.74) is 1.31. The second-order valence-electron chi connectivity index (χ2n) is 6.00. The van der Waals surface area contributed by atoms with Crippen molar-refractivity contribution in [1.82, 2.24) is 4.90 Å². The van der Waals surface area contributed by atoms with Crippen LogP contribution in [-0.4, -0.2) is 28.4 Å². The molecule has 5 nitrogen and oxygen atoms in total. The van der Waals surface area contributed by atoms with Crippen molar-refractivity contribution in [1.29, 1.82) is 0 Å². The topological polar surface area (TPSA) is 70.8 Å². The van der Waals surface area contributed by atoms with E-state index in [1.807, 2.05) is 19.1 Å². The number of carboxylic acid groups (broad SMARTS) is 1. The van der Waals surface area contributed by atoms with Gasteiger partial charge in [0, 0.05) is 12.1 Å². The van der Waals surface area contributed by atoms with Crippen molar-refractivity contribution in [3.63, 3.8) is 0 Å². The van der Waals surface area contributed by atoms with Crippen molar-refractivity contribution in [2.75, 3.05) is 6.54 Å². The number of aryl methyl sites for hydroxylation is 2. The number of furan rings is 1. The van der Waals surface area contributed by atoms with E-state index in [-0.39, 0.29) is 17.5 Å². The van der Waals surface area contributed by atoms with Crippen LogP contribution in [0, 0.1) is 13.8 Å². The zero-order valence-corrected chi connectivity index (χ0v) is 13.2. The Labute approximate surface area is 134 Å². The first kappa shape index (κ1) is 15.3. The molecule has 1 aromatic heterocycles. The average molecular weight is 313 g/mol. The number of likely N-dealkylation sites (tertiary alicyclic amines) is 1. The summed E-state index contributed by atoms with van der Waals surface area (Å²) in [6.07, 6.45) is 1.77. The summed E-state index contributed by atoms with van der Waals surface area (Å²) >= 11 is 0. The maximum absolute atomic E-state index is 12.9. The number of carbonyl (C=O) groups excluding carboxylic acids is 1. The standard InChI is InChI=1S/C18H19NO4/c1-11-8-13(10-14(9-11)18(21)22)17(20)19-7-3-4-15(19)16-6-5-12(2)23-16/h5-6,8-10,15H,3-4,7H2,1-2H3,(H,21,22). The third kappa shape index (κ3) is 2.99. The third-order valence-corrected chi connectivity index (χ3v) is 4.17. The molecule has 1 fully saturated rings. The van der Waals surface area contributed by atoms with Crippen LogP contribution in [0.5, 0.6) is 0 Å². The van der Waals surface area contributed by atoms with Crippen LogP contribution in [0.4, 0.5) is 0 Å². The van der Waals surface area contributed by atoms with Crippen molar-refractivity contribution >= 4 is 11.9 Å². The van der Waals surface area contributed by atoms with Gasteiger partial charge in [0.15, 0.2) is 0 Å². The fourth-order valence-corrected chi connectivity index (χ4v) is 3.13. The van der Waals surface area contributed by atoms with Gasteiger partial charge in [0.25, 0.3) is 5.91 Å². The highest BCUT2D eigenvalue weighted by Crippen LogP contribution is 2.34. The van der Waals surface area contributed by atoms with E-state index >= 15 is 0 Å². The Kier molecular flexibility index (Phi) is 3.94. The van der Waals surface area contributed by atoms with Crippen LogP contribution in [0.3, 0.4) is 0 Å². The van der Waals surface area contributed by atoms with E-state index in [4.69, 9.17) is 4.42 Å². The minimum Gasteiger partial charge on any atom is -0.478 e. The lowest BCUT2D eigenvalue weighted by Crippen LogP contribution is -2.30. The summed E-state index contributed by atoms with van der Waals surface area (Å²) in [6, 6.07) is 8.47. The molecule has 1 atom stereocenters. The summed E-state index contributed by atoms with van der Waals surface area (Å²) in [5, 5.41) is 9.17. The van der Waals surface area contributed by atoms with E-state index in [9.17, 15) is 14.7 Å². The molecule has 1 aliphatic heterocycles. The Morgan fingerprint density at radius 1 is 1.17 bits per heavy atom. The fourth-order valence-electron chi connectivity index (χ4n) is 3.13. The number of amides is 1. The van der Waals surface area contributed by atoms with Crippen molar-refractivity contribution < 1.29 is 19.1 Å². The number of hydrogen-bond donors (Lipinski definition) is 1. The molecular weight excluding hydrogens is 294 g/mol. The highest BCUT2D eigenvalue weighted by Gasteiger charge is 2.32. The van der Waals surface area contributed by atoms with Crippen molar-refractivity contribution in [2.24, 2.45) is 0 Å². The molecule has 0 aliphatic carbocycles. The summed E-state index contributed by atoms with van der Waals surface area (Å²) in [4.78, 5) is 25.8. The van der Waals surface area contributed by atoms with Crippen LogP contribution < -0.4 is 0 Å². The molecule has 0 saturated carbocycles. The molecule has 23 heavy (non-hydrogen) atoms. The van der Waals surface area contributed by atoms with Gasteiger partial charge in [-0.15, -0.1) is 0 Å². The minimum absolute atomic E-state index is 0.0787. The summed E-state index contributed by atoms with van der Waals surface area (Å²) in [6.45, 7) is 4.32. The maximum Gasteiger partial charge on any atom is 0.335 e. The van der Waals surface area contributed by atoms with Gasteiger partial charge in [0.05, 0.1) is 11.6 Å². The summed E-state index contributed by atoms with van der Waals surface area (Å²) in [7, 11) is 0. The van der Waals surface area contributed by atoms with Crippen LogP contribution in [0.1, 0.15) is 56.7 Å². The van der Waals surface area contributed by atoms with Gasteiger partial charge in [0.1, 0.15) is 11.5 Å². The van der Waals surface area contributed by atoms with E-state index < -0.39 is 5.97 Å². The normalized spacial score (nSPS) is 17.5. The van der Waals surface area contributed by atoms with E-state index in [1.54, 1.807) is 24.0 Å². The van der Waals surface area contributed by atoms with Crippen LogP contribution in [0.2, 0.25) is 0 Å². The first-order valence-corrected chi connectivity index (χ1v) is 7.68. The predicted octanol–water partition coefficient (Wildman–Crippen LogP) is 3.57. The van der Waals surface area contributed by atoms with Crippen molar-refractivity contribution in [3.05, 3.63) is 58.5 Å². The average Bonchev–Trinajstić information content (AvgIpc) is 3.14. The van der Waals surface area contributed by atoms with E-state index in [2.05, 4.69) is 0 Å². The lowest BCUT2D eigenvalue weighted by molar-refractivity contribution is 0.0696. The molecule has 5 heteroatoms. The van der Waals surface area contributed by atoms with Gasteiger partial charge in [-0.2, -0.15) is 0 Å². The number of carboxylic acids is 1. The molecule has 1 unspecified atom stereocenters. The Hall–Kier alpha value is -2.56.